The third-order valence-corrected chi connectivity index (χ3v) is 4.47. The molecule has 0 aliphatic carbocycles. The summed E-state index contributed by atoms with van der Waals surface area (Å²) in [6, 6.07) is 11.4. The van der Waals surface area contributed by atoms with E-state index in [2.05, 4.69) is 15.0 Å². The third kappa shape index (κ3) is 5.75. The number of hydrogen-bond acceptors (Lipinski definition) is 6. The molecule has 0 saturated carbocycles. The number of hydrogen-bond donors (Lipinski definition) is 0. The van der Waals surface area contributed by atoms with Crippen molar-refractivity contribution in [3.63, 3.8) is 0 Å². The van der Waals surface area contributed by atoms with Crippen LogP contribution in [-0.2, 0) is 11.2 Å². The average molecular weight is 392 g/mol. The molecular weight excluding hydrogens is 368 g/mol. The van der Waals surface area contributed by atoms with Gasteiger partial charge in [-0.1, -0.05) is 0 Å². The number of ether oxygens (including phenoxy) is 2. The number of nitrogens with zero attached hydrogens (tertiary/aromatic N) is 4. The molecule has 0 aliphatic heterocycles. The summed E-state index contributed by atoms with van der Waals surface area (Å²) in [7, 11) is 3.41. The van der Waals surface area contributed by atoms with Gasteiger partial charge >= 0.3 is 0 Å². The standard InChI is InChI=1S/C22H24N4O3/c1-16(27)26(2)12-4-5-18-13-23-15-22(25-18)29-19-8-6-17(7-9-19)21-11-10-20(28-3)14-24-21/h6-11,13-15H,4-5,12H2,1-3H3. The molecule has 0 aliphatic rings. The van der Waals surface area contributed by atoms with E-state index < -0.39 is 0 Å². The van der Waals surface area contributed by atoms with Crippen molar-refractivity contribution in [2.75, 3.05) is 20.7 Å². The van der Waals surface area contributed by atoms with Gasteiger partial charge in [0.2, 0.25) is 11.8 Å². The molecule has 2 aromatic heterocycles. The van der Waals surface area contributed by atoms with E-state index in [1.54, 1.807) is 44.6 Å². The van der Waals surface area contributed by atoms with Gasteiger partial charge < -0.3 is 14.4 Å². The van der Waals surface area contributed by atoms with Gasteiger partial charge in [-0.3, -0.25) is 14.8 Å². The third-order valence-electron chi connectivity index (χ3n) is 4.47. The molecule has 7 heteroatoms. The molecule has 0 fully saturated rings. The molecule has 0 N–H and O–H groups in total. The normalized spacial score (nSPS) is 10.4. The highest BCUT2D eigenvalue weighted by Gasteiger charge is 2.06. The lowest BCUT2D eigenvalue weighted by atomic mass is 10.1. The molecule has 29 heavy (non-hydrogen) atoms. The van der Waals surface area contributed by atoms with Crippen LogP contribution < -0.4 is 9.47 Å². The predicted molar refractivity (Wildman–Crippen MR) is 110 cm³/mol. The summed E-state index contributed by atoms with van der Waals surface area (Å²) in [5.74, 6) is 1.89. The van der Waals surface area contributed by atoms with Crippen molar-refractivity contribution in [3.05, 3.63) is 60.7 Å². The van der Waals surface area contributed by atoms with Crippen molar-refractivity contribution < 1.29 is 14.3 Å². The smallest absolute Gasteiger partial charge is 0.238 e. The van der Waals surface area contributed by atoms with Crippen LogP contribution in [0.25, 0.3) is 11.3 Å². The Balaban J connectivity index is 1.60. The number of methoxy groups -OCH3 is 1. The van der Waals surface area contributed by atoms with E-state index in [1.165, 1.54) is 0 Å². The summed E-state index contributed by atoms with van der Waals surface area (Å²) in [6.07, 6.45) is 6.54. The van der Waals surface area contributed by atoms with Crippen LogP contribution in [0.5, 0.6) is 17.4 Å². The molecule has 0 radical (unpaired) electrons. The van der Waals surface area contributed by atoms with Crippen LogP contribution in [0.15, 0.2) is 55.0 Å². The number of carbonyl (C=O) groups is 1. The monoisotopic (exact) mass is 392 g/mol. The number of aryl methyl sites for hydroxylation is 1. The van der Waals surface area contributed by atoms with Crippen LogP contribution in [0.3, 0.4) is 0 Å². The minimum absolute atomic E-state index is 0.0569. The highest BCUT2D eigenvalue weighted by Crippen LogP contribution is 2.24. The average Bonchev–Trinajstić information content (AvgIpc) is 2.74. The summed E-state index contributed by atoms with van der Waals surface area (Å²) in [4.78, 5) is 26.0. The Morgan fingerprint density at radius 2 is 1.79 bits per heavy atom. The first-order valence-electron chi connectivity index (χ1n) is 9.36. The van der Waals surface area contributed by atoms with E-state index in [0.29, 0.717) is 18.2 Å². The fourth-order valence-electron chi connectivity index (χ4n) is 2.70. The zero-order valence-electron chi connectivity index (χ0n) is 16.8. The Morgan fingerprint density at radius 3 is 2.45 bits per heavy atom. The van der Waals surface area contributed by atoms with E-state index in [1.807, 2.05) is 36.4 Å². The van der Waals surface area contributed by atoms with Gasteiger partial charge in [0.15, 0.2) is 0 Å². The quantitative estimate of drug-likeness (QED) is 0.581. The van der Waals surface area contributed by atoms with Gasteiger partial charge in [0.1, 0.15) is 11.5 Å². The summed E-state index contributed by atoms with van der Waals surface area (Å²) >= 11 is 0. The Bertz CT molecular complexity index is 943. The highest BCUT2D eigenvalue weighted by atomic mass is 16.5. The number of rotatable bonds is 8. The van der Waals surface area contributed by atoms with Gasteiger partial charge in [0.25, 0.3) is 0 Å². The minimum atomic E-state index is 0.0569. The van der Waals surface area contributed by atoms with E-state index >= 15 is 0 Å². The van der Waals surface area contributed by atoms with Crippen LogP contribution in [0, 0.1) is 0 Å². The maximum absolute atomic E-state index is 11.3. The molecule has 1 aromatic carbocycles. The van der Waals surface area contributed by atoms with Gasteiger partial charge in [-0.2, -0.15) is 0 Å². The fourth-order valence-corrected chi connectivity index (χ4v) is 2.70. The zero-order chi connectivity index (χ0) is 20.6. The first-order chi connectivity index (χ1) is 14.0. The van der Waals surface area contributed by atoms with Crippen LogP contribution in [-0.4, -0.2) is 46.5 Å². The summed E-state index contributed by atoms with van der Waals surface area (Å²) in [5, 5.41) is 0. The van der Waals surface area contributed by atoms with Crippen molar-refractivity contribution in [1.82, 2.24) is 19.9 Å². The van der Waals surface area contributed by atoms with E-state index in [0.717, 1.165) is 35.5 Å². The number of benzene rings is 1. The van der Waals surface area contributed by atoms with Crippen LogP contribution >= 0.6 is 0 Å². The lowest BCUT2D eigenvalue weighted by Gasteiger charge is -2.14. The lowest BCUT2D eigenvalue weighted by Crippen LogP contribution is -2.25. The SMILES string of the molecule is COc1ccc(-c2ccc(Oc3cncc(CCCN(C)C(C)=O)n3)cc2)nc1. The van der Waals surface area contributed by atoms with Crippen molar-refractivity contribution in [1.29, 1.82) is 0 Å². The first-order valence-corrected chi connectivity index (χ1v) is 9.36. The van der Waals surface area contributed by atoms with Crippen LogP contribution in [0.4, 0.5) is 0 Å². The number of carbonyl (C=O) groups excluding carboxylic acids is 1. The second-order valence-electron chi connectivity index (χ2n) is 6.60. The van der Waals surface area contributed by atoms with Crippen LogP contribution in [0.2, 0.25) is 0 Å². The molecule has 2 heterocycles. The molecule has 0 spiro atoms. The predicted octanol–water partition coefficient (Wildman–Crippen LogP) is 3.75. The number of amides is 1. The molecule has 0 saturated heterocycles. The lowest BCUT2D eigenvalue weighted by molar-refractivity contribution is -0.127. The molecule has 7 nitrogen and oxygen atoms in total. The molecular formula is C22H24N4O3. The molecule has 3 aromatic rings. The summed E-state index contributed by atoms with van der Waals surface area (Å²) in [5.41, 5.74) is 2.67. The zero-order valence-corrected chi connectivity index (χ0v) is 16.8. The second kappa shape index (κ2) is 9.64. The first kappa shape index (κ1) is 20.3. The van der Waals surface area contributed by atoms with Gasteiger partial charge in [-0.15, -0.1) is 0 Å². The Morgan fingerprint density at radius 1 is 1.03 bits per heavy atom. The van der Waals surface area contributed by atoms with Crippen molar-refractivity contribution in [2.45, 2.75) is 19.8 Å². The van der Waals surface area contributed by atoms with Gasteiger partial charge in [0, 0.05) is 32.3 Å². The Kier molecular flexibility index (Phi) is 6.73. The van der Waals surface area contributed by atoms with Crippen molar-refractivity contribution in [2.24, 2.45) is 0 Å². The molecule has 150 valence electrons. The topological polar surface area (TPSA) is 77.4 Å². The largest absolute Gasteiger partial charge is 0.495 e. The van der Waals surface area contributed by atoms with E-state index in [9.17, 15) is 4.79 Å². The Hall–Kier alpha value is -3.48. The maximum Gasteiger partial charge on any atom is 0.238 e. The molecule has 3 rings (SSSR count). The Labute approximate surface area is 170 Å². The number of aromatic nitrogens is 3. The molecule has 0 unspecified atom stereocenters. The van der Waals surface area contributed by atoms with Gasteiger partial charge in [-0.05, 0) is 49.2 Å². The summed E-state index contributed by atoms with van der Waals surface area (Å²) in [6.45, 7) is 2.24. The van der Waals surface area contributed by atoms with Crippen molar-refractivity contribution in [3.8, 4) is 28.6 Å². The van der Waals surface area contributed by atoms with Crippen LogP contribution in [0.1, 0.15) is 19.0 Å². The van der Waals surface area contributed by atoms with Gasteiger partial charge in [-0.25, -0.2) is 4.98 Å². The molecule has 0 atom stereocenters. The van der Waals surface area contributed by atoms with Gasteiger partial charge in [0.05, 0.1) is 30.9 Å². The maximum atomic E-state index is 11.3. The second-order valence-corrected chi connectivity index (χ2v) is 6.60. The van der Waals surface area contributed by atoms with E-state index in [4.69, 9.17) is 9.47 Å². The highest BCUT2D eigenvalue weighted by molar-refractivity contribution is 5.72. The molecule has 0 bridgehead atoms. The molecule has 1 amide bonds. The summed E-state index contributed by atoms with van der Waals surface area (Å²) < 4.78 is 11.0. The number of pyridine rings is 1. The fraction of sp³-hybridized carbons (Fsp3) is 0.273. The van der Waals surface area contributed by atoms with Crippen molar-refractivity contribution >= 4 is 5.91 Å². The van der Waals surface area contributed by atoms with E-state index in [-0.39, 0.29) is 5.91 Å². The minimum Gasteiger partial charge on any atom is -0.495 e.